The van der Waals surface area contributed by atoms with Crippen molar-refractivity contribution < 1.29 is 17.9 Å². The number of aliphatic imine (C=N–C) groups is 1. The lowest BCUT2D eigenvalue weighted by Gasteiger charge is -2.24. The summed E-state index contributed by atoms with van der Waals surface area (Å²) in [7, 11) is 1.45. The third-order valence-corrected chi connectivity index (χ3v) is 2.62. The van der Waals surface area contributed by atoms with Crippen molar-refractivity contribution in [3.05, 3.63) is 35.4 Å². The molecule has 18 heavy (non-hydrogen) atoms. The zero-order valence-corrected chi connectivity index (χ0v) is 10.7. The third kappa shape index (κ3) is 3.38. The molecule has 1 rings (SSSR count). The number of ether oxygens (including phenoxy) is 1. The first kappa shape index (κ1) is 14.8. The van der Waals surface area contributed by atoms with Gasteiger partial charge in [0.15, 0.2) is 0 Å². The fraction of sp³-hybridized carbons (Fsp3) is 0.417. The molecule has 0 amide bonds. The fourth-order valence-corrected chi connectivity index (χ4v) is 1.79. The van der Waals surface area contributed by atoms with Gasteiger partial charge in [0.05, 0.1) is 17.3 Å². The van der Waals surface area contributed by atoms with Crippen LogP contribution in [0.1, 0.15) is 18.1 Å². The van der Waals surface area contributed by atoms with Gasteiger partial charge in [-0.2, -0.15) is 13.2 Å². The number of isothiocyanates is 1. The molecule has 0 aliphatic heterocycles. The smallest absolute Gasteiger partial charge is 0.382 e. The lowest BCUT2D eigenvalue weighted by atomic mass is 9.92. The summed E-state index contributed by atoms with van der Waals surface area (Å²) in [6.07, 6.45) is -4.38. The maximum Gasteiger partial charge on any atom is 0.416 e. The van der Waals surface area contributed by atoms with Gasteiger partial charge in [-0.25, -0.2) is 4.99 Å². The molecule has 0 aliphatic rings. The topological polar surface area (TPSA) is 21.6 Å². The maximum absolute atomic E-state index is 12.6. The van der Waals surface area contributed by atoms with E-state index in [1.165, 1.54) is 13.2 Å². The van der Waals surface area contributed by atoms with Crippen molar-refractivity contribution in [1.29, 1.82) is 0 Å². The summed E-state index contributed by atoms with van der Waals surface area (Å²) in [4.78, 5) is 3.91. The van der Waals surface area contributed by atoms with E-state index in [1.807, 2.05) is 0 Å². The van der Waals surface area contributed by atoms with Gasteiger partial charge in [-0.15, -0.1) is 0 Å². The zero-order chi connectivity index (χ0) is 13.8. The molecule has 0 aromatic heterocycles. The minimum Gasteiger partial charge on any atom is -0.382 e. The summed E-state index contributed by atoms with van der Waals surface area (Å²) in [6.45, 7) is 1.77. The summed E-state index contributed by atoms with van der Waals surface area (Å²) in [5.41, 5.74) is -1.30. The van der Waals surface area contributed by atoms with Crippen LogP contribution in [0.15, 0.2) is 29.3 Å². The number of nitrogens with zero attached hydrogens (tertiary/aromatic N) is 1. The molecule has 1 atom stereocenters. The van der Waals surface area contributed by atoms with Gasteiger partial charge in [0.1, 0.15) is 5.54 Å². The van der Waals surface area contributed by atoms with E-state index >= 15 is 0 Å². The van der Waals surface area contributed by atoms with Crippen LogP contribution in [0.3, 0.4) is 0 Å². The molecule has 0 bridgehead atoms. The van der Waals surface area contributed by atoms with Crippen LogP contribution in [0.25, 0.3) is 0 Å². The Hall–Kier alpha value is -1.23. The van der Waals surface area contributed by atoms with Crippen LogP contribution in [-0.4, -0.2) is 18.9 Å². The molecule has 1 aromatic rings. The Morgan fingerprint density at radius 3 is 2.44 bits per heavy atom. The van der Waals surface area contributed by atoms with Crippen molar-refractivity contribution in [2.45, 2.75) is 18.6 Å². The molecule has 98 valence electrons. The largest absolute Gasteiger partial charge is 0.416 e. The number of benzene rings is 1. The van der Waals surface area contributed by atoms with E-state index in [0.717, 1.165) is 12.1 Å². The Kier molecular flexibility index (Phi) is 4.62. The van der Waals surface area contributed by atoms with Crippen LogP contribution in [0.4, 0.5) is 13.2 Å². The van der Waals surface area contributed by atoms with Crippen molar-refractivity contribution in [1.82, 2.24) is 0 Å². The van der Waals surface area contributed by atoms with Crippen LogP contribution < -0.4 is 0 Å². The molecule has 6 heteroatoms. The zero-order valence-electron chi connectivity index (χ0n) is 9.91. The average molecular weight is 275 g/mol. The van der Waals surface area contributed by atoms with Gasteiger partial charge in [0, 0.05) is 7.11 Å². The van der Waals surface area contributed by atoms with E-state index in [9.17, 15) is 13.2 Å². The second-order valence-electron chi connectivity index (χ2n) is 3.99. The quantitative estimate of drug-likeness (QED) is 0.617. The van der Waals surface area contributed by atoms with Crippen LogP contribution >= 0.6 is 12.2 Å². The molecule has 1 aromatic carbocycles. The molecule has 0 aliphatic carbocycles. The van der Waals surface area contributed by atoms with Crippen molar-refractivity contribution in [3.8, 4) is 0 Å². The van der Waals surface area contributed by atoms with E-state index in [0.29, 0.717) is 5.56 Å². The van der Waals surface area contributed by atoms with Gasteiger partial charge in [-0.05, 0) is 36.8 Å². The molecular formula is C12H12F3NOS. The number of methoxy groups -OCH3 is 1. The Morgan fingerprint density at radius 2 is 1.94 bits per heavy atom. The highest BCUT2D eigenvalue weighted by Crippen LogP contribution is 2.33. The molecule has 0 heterocycles. The lowest BCUT2D eigenvalue weighted by molar-refractivity contribution is -0.137. The van der Waals surface area contributed by atoms with Gasteiger partial charge in [-0.1, -0.05) is 12.1 Å². The van der Waals surface area contributed by atoms with Gasteiger partial charge in [-0.3, -0.25) is 0 Å². The second kappa shape index (κ2) is 5.61. The molecule has 0 fully saturated rings. The molecular weight excluding hydrogens is 263 g/mol. The van der Waals surface area contributed by atoms with E-state index in [4.69, 9.17) is 4.74 Å². The van der Waals surface area contributed by atoms with Crippen molar-refractivity contribution in [2.24, 2.45) is 4.99 Å². The van der Waals surface area contributed by atoms with Crippen LogP contribution in [0.2, 0.25) is 0 Å². The van der Waals surface area contributed by atoms with E-state index in [-0.39, 0.29) is 6.61 Å². The number of alkyl halides is 3. The Balaban J connectivity index is 3.26. The van der Waals surface area contributed by atoms with Gasteiger partial charge in [0.25, 0.3) is 0 Å². The molecule has 1 unspecified atom stereocenters. The predicted octanol–water partition coefficient (Wildman–Crippen LogP) is 3.67. The number of hydrogen-bond donors (Lipinski definition) is 0. The second-order valence-corrected chi connectivity index (χ2v) is 4.17. The molecule has 0 spiro atoms. The van der Waals surface area contributed by atoms with Crippen LogP contribution in [0.5, 0.6) is 0 Å². The highest BCUT2D eigenvalue weighted by atomic mass is 32.1. The summed E-state index contributed by atoms with van der Waals surface area (Å²) in [5.74, 6) is 0. The van der Waals surface area contributed by atoms with Crippen molar-refractivity contribution in [3.63, 3.8) is 0 Å². The van der Waals surface area contributed by atoms with Gasteiger partial charge in [0.2, 0.25) is 0 Å². The highest BCUT2D eigenvalue weighted by molar-refractivity contribution is 7.78. The number of rotatable bonds is 4. The molecule has 0 N–H and O–H groups in total. The van der Waals surface area contributed by atoms with E-state index < -0.39 is 17.3 Å². The molecule has 0 saturated heterocycles. The Labute approximate surface area is 108 Å². The summed E-state index contributed by atoms with van der Waals surface area (Å²) in [5, 5.41) is 2.20. The standard InChI is InChI=1S/C12H12F3NOS/c1-11(7-17-2,16-8-18)9-4-3-5-10(6-9)12(13,14)15/h3-6H,7H2,1-2H3. The first-order valence-electron chi connectivity index (χ1n) is 5.09. The maximum atomic E-state index is 12.6. The number of halogens is 3. The monoisotopic (exact) mass is 275 g/mol. The average Bonchev–Trinajstić information content (AvgIpc) is 2.29. The lowest BCUT2D eigenvalue weighted by Crippen LogP contribution is -2.25. The minimum atomic E-state index is -4.38. The summed E-state index contributed by atoms with van der Waals surface area (Å²) in [6, 6.07) is 4.96. The number of thiocarbonyl (C=S) groups is 1. The number of hydrogen-bond acceptors (Lipinski definition) is 3. The molecule has 0 radical (unpaired) electrons. The van der Waals surface area contributed by atoms with Crippen molar-refractivity contribution >= 4 is 17.4 Å². The molecule has 0 saturated carbocycles. The Bertz CT molecular complexity index is 469. The van der Waals surface area contributed by atoms with Gasteiger partial charge < -0.3 is 4.74 Å². The fourth-order valence-electron chi connectivity index (χ4n) is 1.59. The summed E-state index contributed by atoms with van der Waals surface area (Å²) >= 11 is 4.53. The predicted molar refractivity (Wildman–Crippen MR) is 65.7 cm³/mol. The molecule has 2 nitrogen and oxygen atoms in total. The first-order valence-corrected chi connectivity index (χ1v) is 5.50. The van der Waals surface area contributed by atoms with Crippen LogP contribution in [-0.2, 0) is 16.5 Å². The minimum absolute atomic E-state index is 0.123. The van der Waals surface area contributed by atoms with E-state index in [1.54, 1.807) is 13.0 Å². The first-order chi connectivity index (χ1) is 8.33. The normalized spacial score (nSPS) is 14.7. The van der Waals surface area contributed by atoms with Crippen molar-refractivity contribution in [2.75, 3.05) is 13.7 Å². The summed E-state index contributed by atoms with van der Waals surface area (Å²) < 4.78 is 42.9. The van der Waals surface area contributed by atoms with Gasteiger partial charge >= 0.3 is 6.18 Å². The Morgan fingerprint density at radius 1 is 1.33 bits per heavy atom. The highest BCUT2D eigenvalue weighted by Gasteiger charge is 2.33. The third-order valence-electron chi connectivity index (χ3n) is 2.53. The van der Waals surface area contributed by atoms with E-state index in [2.05, 4.69) is 22.4 Å². The van der Waals surface area contributed by atoms with Crippen LogP contribution in [0, 0.1) is 0 Å². The SMILES string of the molecule is COCC(C)(N=C=S)c1cccc(C(F)(F)F)c1.